The van der Waals surface area contributed by atoms with E-state index in [1.54, 1.807) is 0 Å². The lowest BCUT2D eigenvalue weighted by molar-refractivity contribution is -0.164. The van der Waals surface area contributed by atoms with Crippen molar-refractivity contribution < 1.29 is 18.7 Å². The summed E-state index contributed by atoms with van der Waals surface area (Å²) < 4.78 is 24.8. The fourth-order valence-corrected chi connectivity index (χ4v) is 0.532. The van der Waals surface area contributed by atoms with Crippen molar-refractivity contribution in [2.75, 3.05) is 0 Å². The largest absolute Gasteiger partial charge is 0.477 e. The number of nitrogens with one attached hydrogen (secondary N) is 1. The van der Waals surface area contributed by atoms with Crippen LogP contribution in [0.3, 0.4) is 0 Å². The van der Waals surface area contributed by atoms with Gasteiger partial charge in [0.25, 0.3) is 0 Å². The minimum absolute atomic E-state index is 0.331. The molecule has 0 radical (unpaired) electrons. The van der Waals surface area contributed by atoms with Gasteiger partial charge in [-0.2, -0.15) is 14.0 Å². The van der Waals surface area contributed by atoms with Gasteiger partial charge in [0.15, 0.2) is 5.82 Å². The van der Waals surface area contributed by atoms with Crippen LogP contribution in [-0.4, -0.2) is 37.6 Å². The summed E-state index contributed by atoms with van der Waals surface area (Å²) in [5, 5.41) is 19.3. The first-order chi connectivity index (χ1) is 5.52. The van der Waals surface area contributed by atoms with E-state index < -0.39 is 18.3 Å². The number of aromatic amines is 1. The Morgan fingerprint density at radius 2 is 2.33 bits per heavy atom. The highest BCUT2D eigenvalue weighted by Crippen LogP contribution is 2.17. The van der Waals surface area contributed by atoms with E-state index in [1.807, 2.05) is 5.21 Å². The number of H-pyrrole nitrogens is 1. The Hall–Kier alpha value is -1.60. The quantitative estimate of drug-likeness (QED) is 0.648. The third-order valence-corrected chi connectivity index (χ3v) is 1.08. The standard InChI is InChI=1S/C4H4F2N4O2/c5-4(6,3(11)12)1-2-7-9-10-8-2/h1H2,(H,11,12)(H,7,8,9,10). The van der Waals surface area contributed by atoms with Gasteiger partial charge >= 0.3 is 11.9 Å². The third-order valence-electron chi connectivity index (χ3n) is 1.08. The number of carboxylic acids is 1. The molecule has 0 aliphatic heterocycles. The van der Waals surface area contributed by atoms with E-state index in [-0.39, 0.29) is 5.82 Å². The topological polar surface area (TPSA) is 91.8 Å². The summed E-state index contributed by atoms with van der Waals surface area (Å²) in [6.07, 6.45) is -1.06. The Kier molecular flexibility index (Phi) is 1.98. The molecule has 0 aliphatic rings. The number of carboxylic acid groups (broad SMARTS) is 1. The van der Waals surface area contributed by atoms with Gasteiger partial charge < -0.3 is 5.11 Å². The normalized spacial score (nSPS) is 11.5. The summed E-state index contributed by atoms with van der Waals surface area (Å²) >= 11 is 0. The first kappa shape index (κ1) is 8.50. The average molecular weight is 178 g/mol. The van der Waals surface area contributed by atoms with E-state index in [9.17, 15) is 13.6 Å². The Morgan fingerprint density at radius 1 is 1.67 bits per heavy atom. The average Bonchev–Trinajstić information content (AvgIpc) is 2.38. The number of carbonyl (C=O) groups is 1. The van der Waals surface area contributed by atoms with E-state index in [4.69, 9.17) is 5.11 Å². The highest BCUT2D eigenvalue weighted by atomic mass is 19.3. The Balaban J connectivity index is 2.69. The van der Waals surface area contributed by atoms with Crippen LogP contribution in [0.5, 0.6) is 0 Å². The number of hydrogen-bond acceptors (Lipinski definition) is 4. The van der Waals surface area contributed by atoms with Crippen molar-refractivity contribution in [2.45, 2.75) is 12.3 Å². The van der Waals surface area contributed by atoms with Crippen LogP contribution in [0.15, 0.2) is 0 Å². The van der Waals surface area contributed by atoms with Crippen LogP contribution in [0, 0.1) is 0 Å². The van der Waals surface area contributed by atoms with E-state index >= 15 is 0 Å². The highest BCUT2D eigenvalue weighted by molar-refractivity contribution is 5.75. The van der Waals surface area contributed by atoms with Crippen molar-refractivity contribution in [2.24, 2.45) is 0 Å². The number of tetrazole rings is 1. The molecule has 0 amide bonds. The van der Waals surface area contributed by atoms with Gasteiger partial charge in [-0.05, 0) is 0 Å². The molecule has 66 valence electrons. The Bertz CT molecular complexity index is 273. The van der Waals surface area contributed by atoms with Crippen LogP contribution in [-0.2, 0) is 11.2 Å². The van der Waals surface area contributed by atoms with E-state index in [1.165, 1.54) is 0 Å². The number of nitrogens with zero attached hydrogens (tertiary/aromatic N) is 3. The van der Waals surface area contributed by atoms with Gasteiger partial charge in [0.2, 0.25) is 0 Å². The fourth-order valence-electron chi connectivity index (χ4n) is 0.532. The summed E-state index contributed by atoms with van der Waals surface area (Å²) in [5.74, 6) is -6.38. The molecule has 0 unspecified atom stereocenters. The second kappa shape index (κ2) is 2.80. The van der Waals surface area contributed by atoms with Gasteiger partial charge in [0.05, 0.1) is 6.42 Å². The van der Waals surface area contributed by atoms with E-state index in [2.05, 4.69) is 15.4 Å². The molecule has 8 heteroatoms. The molecule has 1 aromatic heterocycles. The van der Waals surface area contributed by atoms with Crippen molar-refractivity contribution in [1.82, 2.24) is 20.6 Å². The number of alkyl halides is 2. The molecule has 1 aromatic rings. The van der Waals surface area contributed by atoms with E-state index in [0.29, 0.717) is 0 Å². The maximum atomic E-state index is 12.4. The van der Waals surface area contributed by atoms with Gasteiger partial charge in [-0.25, -0.2) is 4.79 Å². The molecule has 0 saturated heterocycles. The molecule has 1 heterocycles. The van der Waals surface area contributed by atoms with Crippen molar-refractivity contribution in [3.8, 4) is 0 Å². The molecule has 2 N–H and O–H groups in total. The zero-order chi connectivity index (χ0) is 9.19. The smallest absolute Gasteiger partial charge is 0.375 e. The lowest BCUT2D eigenvalue weighted by Crippen LogP contribution is -2.31. The van der Waals surface area contributed by atoms with Crippen LogP contribution in [0.1, 0.15) is 5.82 Å². The highest BCUT2D eigenvalue weighted by Gasteiger charge is 2.40. The number of aliphatic carboxylic acids is 1. The van der Waals surface area contributed by atoms with Gasteiger partial charge in [-0.15, -0.1) is 10.2 Å². The molecule has 0 atom stereocenters. The minimum Gasteiger partial charge on any atom is -0.477 e. The zero-order valence-electron chi connectivity index (χ0n) is 5.66. The summed E-state index contributed by atoms with van der Waals surface area (Å²) in [5.41, 5.74) is 0. The molecule has 0 bridgehead atoms. The fraction of sp³-hybridized carbons (Fsp3) is 0.500. The molecule has 0 saturated carbocycles. The Morgan fingerprint density at radius 3 is 2.75 bits per heavy atom. The minimum atomic E-state index is -3.84. The molecule has 0 aromatic carbocycles. The molecular weight excluding hydrogens is 174 g/mol. The molecule has 1 rings (SSSR count). The Labute approximate surface area is 64.6 Å². The van der Waals surface area contributed by atoms with Crippen LogP contribution in [0.25, 0.3) is 0 Å². The zero-order valence-corrected chi connectivity index (χ0v) is 5.66. The monoisotopic (exact) mass is 178 g/mol. The van der Waals surface area contributed by atoms with Crippen molar-refractivity contribution in [3.63, 3.8) is 0 Å². The predicted molar refractivity (Wildman–Crippen MR) is 30.5 cm³/mol. The second-order valence-corrected chi connectivity index (χ2v) is 2.01. The molecular formula is C4H4F2N4O2. The van der Waals surface area contributed by atoms with Crippen LogP contribution in [0.4, 0.5) is 8.78 Å². The lowest BCUT2D eigenvalue weighted by atomic mass is 10.2. The van der Waals surface area contributed by atoms with Gasteiger partial charge in [0.1, 0.15) is 0 Å². The molecule has 0 fully saturated rings. The summed E-state index contributed by atoms with van der Waals surface area (Å²) in [6.45, 7) is 0. The maximum Gasteiger partial charge on any atom is 0.375 e. The molecule has 6 nitrogen and oxygen atoms in total. The molecule has 0 aliphatic carbocycles. The lowest BCUT2D eigenvalue weighted by Gasteiger charge is -2.06. The molecule has 0 spiro atoms. The molecule has 12 heavy (non-hydrogen) atoms. The van der Waals surface area contributed by atoms with Gasteiger partial charge in [0, 0.05) is 0 Å². The van der Waals surface area contributed by atoms with Crippen molar-refractivity contribution in [1.29, 1.82) is 0 Å². The summed E-state index contributed by atoms with van der Waals surface area (Å²) in [7, 11) is 0. The second-order valence-electron chi connectivity index (χ2n) is 2.01. The number of rotatable bonds is 3. The number of aromatic nitrogens is 4. The van der Waals surface area contributed by atoms with Crippen LogP contribution >= 0.6 is 0 Å². The first-order valence-corrected chi connectivity index (χ1v) is 2.86. The SMILES string of the molecule is O=C(O)C(F)(F)Cc1nn[nH]n1. The summed E-state index contributed by atoms with van der Waals surface area (Å²) in [6, 6.07) is 0. The summed E-state index contributed by atoms with van der Waals surface area (Å²) in [4.78, 5) is 9.91. The van der Waals surface area contributed by atoms with E-state index in [0.717, 1.165) is 0 Å². The maximum absolute atomic E-state index is 12.4. The van der Waals surface area contributed by atoms with Crippen molar-refractivity contribution >= 4 is 5.97 Å². The van der Waals surface area contributed by atoms with Crippen LogP contribution in [0.2, 0.25) is 0 Å². The predicted octanol–water partition coefficient (Wildman–Crippen LogP) is -0.538. The van der Waals surface area contributed by atoms with Crippen molar-refractivity contribution in [3.05, 3.63) is 5.82 Å². The van der Waals surface area contributed by atoms with Crippen LogP contribution < -0.4 is 0 Å². The number of hydrogen-bond donors (Lipinski definition) is 2. The van der Waals surface area contributed by atoms with Gasteiger partial charge in [-0.1, -0.05) is 5.21 Å². The third kappa shape index (κ3) is 1.71. The number of halogens is 2. The van der Waals surface area contributed by atoms with Gasteiger partial charge in [-0.3, -0.25) is 0 Å². The first-order valence-electron chi connectivity index (χ1n) is 2.86.